The number of thioether (sulfide) groups is 1. The molecule has 0 spiro atoms. The number of aromatic nitrogens is 4. The van der Waals surface area contributed by atoms with Crippen LogP contribution in [0.5, 0.6) is 0 Å². The molecule has 1 heterocycles. The first-order valence-corrected chi connectivity index (χ1v) is 9.01. The van der Waals surface area contributed by atoms with Crippen LogP contribution in [0.3, 0.4) is 0 Å². The second kappa shape index (κ2) is 9.77. The topological polar surface area (TPSA) is 99.0 Å². The van der Waals surface area contributed by atoms with Crippen molar-refractivity contribution in [2.75, 3.05) is 5.75 Å². The van der Waals surface area contributed by atoms with E-state index < -0.39 is 12.1 Å². The molecular weight excluding hydrogens is 342 g/mol. The number of ketones is 1. The van der Waals surface area contributed by atoms with Crippen LogP contribution >= 0.6 is 11.8 Å². The molecular formula is C16H21N5O3S. The maximum absolute atomic E-state index is 12.3. The average molecular weight is 363 g/mol. The molecule has 25 heavy (non-hydrogen) atoms. The number of ether oxygens (including phenoxy) is 1. The third-order valence-electron chi connectivity index (χ3n) is 3.31. The van der Waals surface area contributed by atoms with Gasteiger partial charge in [0.1, 0.15) is 13.2 Å². The first kappa shape index (κ1) is 18.9. The van der Waals surface area contributed by atoms with Crippen LogP contribution in [0, 0.1) is 0 Å². The van der Waals surface area contributed by atoms with Crippen LogP contribution in [0.2, 0.25) is 0 Å². The van der Waals surface area contributed by atoms with Crippen molar-refractivity contribution in [2.24, 2.45) is 0 Å². The zero-order chi connectivity index (χ0) is 18.1. The summed E-state index contributed by atoms with van der Waals surface area (Å²) >= 11 is 1.45. The van der Waals surface area contributed by atoms with Gasteiger partial charge in [0.25, 0.3) is 0 Å². The summed E-state index contributed by atoms with van der Waals surface area (Å²) in [5.41, 5.74) is 0.879. The minimum Gasteiger partial charge on any atom is -0.445 e. The number of hydrogen-bond acceptors (Lipinski definition) is 7. The zero-order valence-corrected chi connectivity index (χ0v) is 15.0. The molecule has 0 fully saturated rings. The van der Waals surface area contributed by atoms with Crippen molar-refractivity contribution >= 4 is 23.6 Å². The van der Waals surface area contributed by atoms with E-state index in [0.29, 0.717) is 11.6 Å². The largest absolute Gasteiger partial charge is 0.445 e. The molecule has 0 aliphatic carbocycles. The molecule has 0 aliphatic rings. The molecule has 1 atom stereocenters. The molecule has 1 amide bonds. The van der Waals surface area contributed by atoms with E-state index in [0.717, 1.165) is 11.3 Å². The Labute approximate surface area is 150 Å². The van der Waals surface area contributed by atoms with Crippen LogP contribution in [0.15, 0.2) is 35.5 Å². The Hall–Kier alpha value is -2.42. The van der Waals surface area contributed by atoms with E-state index in [1.54, 1.807) is 0 Å². The second-order valence-electron chi connectivity index (χ2n) is 5.17. The van der Waals surface area contributed by atoms with E-state index in [9.17, 15) is 9.59 Å². The standard InChI is InChI=1S/C16H21N5O3S/c1-3-13(14(22)10-21-19-15(18-20-21)25-4-2)17-16(23)24-11-12-8-6-5-7-9-12/h5-9,13H,3-4,10-11H2,1-2H3,(H,17,23). The lowest BCUT2D eigenvalue weighted by Crippen LogP contribution is -2.42. The van der Waals surface area contributed by atoms with Crippen LogP contribution < -0.4 is 5.32 Å². The van der Waals surface area contributed by atoms with Gasteiger partial charge in [0, 0.05) is 0 Å². The summed E-state index contributed by atoms with van der Waals surface area (Å²) in [4.78, 5) is 25.4. The van der Waals surface area contributed by atoms with Crippen molar-refractivity contribution < 1.29 is 14.3 Å². The number of nitrogens with zero attached hydrogens (tertiary/aromatic N) is 4. The maximum Gasteiger partial charge on any atom is 0.408 e. The molecule has 0 bridgehead atoms. The lowest BCUT2D eigenvalue weighted by atomic mass is 10.1. The number of hydrogen-bond donors (Lipinski definition) is 1. The lowest BCUT2D eigenvalue weighted by Gasteiger charge is -2.15. The number of rotatable bonds is 9. The molecule has 0 saturated carbocycles. The van der Waals surface area contributed by atoms with E-state index in [1.165, 1.54) is 16.6 Å². The normalized spacial score (nSPS) is 11.8. The summed E-state index contributed by atoms with van der Waals surface area (Å²) in [5.74, 6) is 0.621. The van der Waals surface area contributed by atoms with Gasteiger partial charge in [-0.1, -0.05) is 55.9 Å². The van der Waals surface area contributed by atoms with Crippen molar-refractivity contribution in [3.05, 3.63) is 35.9 Å². The first-order chi connectivity index (χ1) is 12.1. The Morgan fingerprint density at radius 1 is 1.28 bits per heavy atom. The van der Waals surface area contributed by atoms with Gasteiger partial charge in [0.15, 0.2) is 5.78 Å². The predicted octanol–water partition coefficient (Wildman–Crippen LogP) is 2.06. The van der Waals surface area contributed by atoms with Gasteiger partial charge in [-0.2, -0.15) is 4.80 Å². The third-order valence-corrected chi connectivity index (χ3v) is 4.02. The minimum atomic E-state index is -0.656. The molecule has 0 aliphatic heterocycles. The number of alkyl carbamates (subject to hydrolysis) is 1. The van der Waals surface area contributed by atoms with Crippen LogP contribution in [0.4, 0.5) is 4.79 Å². The number of carbonyl (C=O) groups is 2. The molecule has 0 radical (unpaired) electrons. The van der Waals surface area contributed by atoms with Crippen LogP contribution in [-0.4, -0.2) is 43.9 Å². The fourth-order valence-electron chi connectivity index (χ4n) is 2.05. The summed E-state index contributed by atoms with van der Waals surface area (Å²) in [6.07, 6.45) is -0.178. The van der Waals surface area contributed by atoms with Crippen molar-refractivity contribution in [3.8, 4) is 0 Å². The second-order valence-corrected chi connectivity index (χ2v) is 6.40. The molecule has 134 valence electrons. The van der Waals surface area contributed by atoms with Crippen LogP contribution in [0.25, 0.3) is 0 Å². The summed E-state index contributed by atoms with van der Waals surface area (Å²) in [7, 11) is 0. The molecule has 0 saturated heterocycles. The Kier molecular flexibility index (Phi) is 7.39. The molecule has 2 aromatic rings. The van der Waals surface area contributed by atoms with E-state index in [-0.39, 0.29) is 18.9 Å². The number of nitrogens with one attached hydrogen (secondary N) is 1. The fourth-order valence-corrected chi connectivity index (χ4v) is 2.55. The van der Waals surface area contributed by atoms with Gasteiger partial charge in [-0.25, -0.2) is 4.79 Å². The Morgan fingerprint density at radius 2 is 2.04 bits per heavy atom. The molecule has 1 aromatic carbocycles. The monoisotopic (exact) mass is 363 g/mol. The molecule has 9 heteroatoms. The number of Topliss-reactive ketones (excluding diaryl/α,β-unsaturated/α-hetero) is 1. The Bertz CT molecular complexity index is 692. The number of tetrazole rings is 1. The summed E-state index contributed by atoms with van der Waals surface area (Å²) in [6, 6.07) is 8.68. The highest BCUT2D eigenvalue weighted by Gasteiger charge is 2.21. The van der Waals surface area contributed by atoms with Gasteiger partial charge in [-0.3, -0.25) is 4.79 Å². The molecule has 1 N–H and O–H groups in total. The Morgan fingerprint density at radius 3 is 2.72 bits per heavy atom. The summed E-state index contributed by atoms with van der Waals surface area (Å²) in [6.45, 7) is 3.90. The van der Waals surface area contributed by atoms with Crippen molar-refractivity contribution in [3.63, 3.8) is 0 Å². The maximum atomic E-state index is 12.3. The first-order valence-electron chi connectivity index (χ1n) is 8.02. The van der Waals surface area contributed by atoms with Crippen molar-refractivity contribution in [2.45, 2.75) is 44.6 Å². The van der Waals surface area contributed by atoms with Crippen LogP contribution in [-0.2, 0) is 22.7 Å². The van der Waals surface area contributed by atoms with Gasteiger partial charge >= 0.3 is 6.09 Å². The Balaban J connectivity index is 1.83. The summed E-state index contributed by atoms with van der Waals surface area (Å²) in [5, 5.41) is 14.9. The van der Waals surface area contributed by atoms with Crippen molar-refractivity contribution in [1.29, 1.82) is 0 Å². The van der Waals surface area contributed by atoms with Gasteiger partial charge < -0.3 is 10.1 Å². The quantitative estimate of drug-likeness (QED) is 0.681. The van der Waals surface area contributed by atoms with E-state index in [4.69, 9.17) is 4.74 Å². The summed E-state index contributed by atoms with van der Waals surface area (Å²) < 4.78 is 5.14. The van der Waals surface area contributed by atoms with E-state index in [2.05, 4.69) is 20.7 Å². The van der Waals surface area contributed by atoms with Crippen molar-refractivity contribution in [1.82, 2.24) is 25.5 Å². The highest BCUT2D eigenvalue weighted by molar-refractivity contribution is 7.99. The SMILES string of the molecule is CCSc1nnn(CC(=O)C(CC)NC(=O)OCc2ccccc2)n1. The number of benzene rings is 1. The van der Waals surface area contributed by atoms with Gasteiger partial charge in [0.05, 0.1) is 6.04 Å². The minimum absolute atomic E-state index is 0.0469. The number of carbonyl (C=O) groups excluding carboxylic acids is 2. The average Bonchev–Trinajstić information content (AvgIpc) is 3.06. The van der Waals surface area contributed by atoms with Gasteiger partial charge in [-0.05, 0) is 23.0 Å². The van der Waals surface area contributed by atoms with Gasteiger partial charge in [0.2, 0.25) is 5.16 Å². The highest BCUT2D eigenvalue weighted by atomic mass is 32.2. The fraction of sp³-hybridized carbons (Fsp3) is 0.438. The zero-order valence-electron chi connectivity index (χ0n) is 14.2. The number of amides is 1. The predicted molar refractivity (Wildman–Crippen MR) is 93.1 cm³/mol. The van der Waals surface area contributed by atoms with Crippen LogP contribution in [0.1, 0.15) is 25.8 Å². The smallest absolute Gasteiger partial charge is 0.408 e. The molecule has 8 nitrogen and oxygen atoms in total. The highest BCUT2D eigenvalue weighted by Crippen LogP contribution is 2.09. The molecule has 1 aromatic heterocycles. The lowest BCUT2D eigenvalue weighted by molar-refractivity contribution is -0.122. The third kappa shape index (κ3) is 6.18. The van der Waals surface area contributed by atoms with Gasteiger partial charge in [-0.15, -0.1) is 10.2 Å². The molecule has 1 unspecified atom stereocenters. The van der Waals surface area contributed by atoms with E-state index >= 15 is 0 Å². The van der Waals surface area contributed by atoms with E-state index in [1.807, 2.05) is 44.2 Å². The molecule has 2 rings (SSSR count).